The Morgan fingerprint density at radius 2 is 1.85 bits per heavy atom. The molecular weight excluding hydrogens is 274 g/mol. The van der Waals surface area contributed by atoms with E-state index >= 15 is 0 Å². The third-order valence-corrected chi connectivity index (χ3v) is 4.60. The number of rotatable bonds is 4. The van der Waals surface area contributed by atoms with Crippen molar-refractivity contribution in [2.24, 2.45) is 5.73 Å². The van der Waals surface area contributed by atoms with Gasteiger partial charge in [0.15, 0.2) is 0 Å². The lowest BCUT2D eigenvalue weighted by molar-refractivity contribution is -0.132. The molecule has 2 aliphatic rings. The van der Waals surface area contributed by atoms with E-state index < -0.39 is 0 Å². The molecule has 0 aromatic carbocycles. The maximum absolute atomic E-state index is 12.3. The molecule has 1 aliphatic carbocycles. The minimum atomic E-state index is -0.289. The summed E-state index contributed by atoms with van der Waals surface area (Å²) in [6.45, 7) is 6.02. The van der Waals surface area contributed by atoms with Crippen molar-refractivity contribution in [2.45, 2.75) is 64.0 Å². The Morgan fingerprint density at radius 1 is 1.15 bits per heavy atom. The second-order valence-corrected chi connectivity index (χ2v) is 6.05. The lowest BCUT2D eigenvalue weighted by Crippen LogP contribution is -2.45. The molecule has 5 heteroatoms. The quantitative estimate of drug-likeness (QED) is 0.864. The zero-order chi connectivity index (χ0) is 13.7. The molecule has 0 aromatic heterocycles. The lowest BCUT2D eigenvalue weighted by Gasteiger charge is -2.27. The Hall–Kier alpha value is -0.320. The van der Waals surface area contributed by atoms with Crippen LogP contribution < -0.4 is 5.73 Å². The van der Waals surface area contributed by atoms with E-state index in [1.54, 1.807) is 0 Å². The van der Waals surface area contributed by atoms with Gasteiger partial charge in [-0.25, -0.2) is 0 Å². The van der Waals surface area contributed by atoms with Crippen LogP contribution in [0, 0.1) is 0 Å². The van der Waals surface area contributed by atoms with Crippen molar-refractivity contribution < 1.29 is 4.79 Å². The Balaban J connectivity index is 0.00000200. The van der Waals surface area contributed by atoms with E-state index in [1.165, 1.54) is 25.7 Å². The topological polar surface area (TPSA) is 49.6 Å². The van der Waals surface area contributed by atoms with Crippen molar-refractivity contribution in [3.8, 4) is 0 Å². The molecular formula is C15H30ClN3O. The fourth-order valence-electron chi connectivity index (χ4n) is 3.46. The molecule has 0 aromatic rings. The monoisotopic (exact) mass is 303 g/mol. The van der Waals surface area contributed by atoms with Gasteiger partial charge in [0.05, 0.1) is 6.04 Å². The zero-order valence-corrected chi connectivity index (χ0v) is 13.5. The molecule has 0 radical (unpaired) electrons. The fraction of sp³-hybridized carbons (Fsp3) is 0.933. The maximum Gasteiger partial charge on any atom is 0.239 e. The van der Waals surface area contributed by atoms with Crippen LogP contribution in [0.2, 0.25) is 0 Å². The Labute approximate surface area is 129 Å². The van der Waals surface area contributed by atoms with Gasteiger partial charge in [-0.1, -0.05) is 26.2 Å². The van der Waals surface area contributed by atoms with Gasteiger partial charge in [0.1, 0.15) is 0 Å². The minimum absolute atomic E-state index is 0. The number of halogens is 1. The molecule has 0 bridgehead atoms. The van der Waals surface area contributed by atoms with Gasteiger partial charge in [0.25, 0.3) is 0 Å². The molecule has 0 spiro atoms. The average molecular weight is 304 g/mol. The first-order chi connectivity index (χ1) is 9.22. The van der Waals surface area contributed by atoms with Crippen LogP contribution in [0.5, 0.6) is 0 Å². The van der Waals surface area contributed by atoms with E-state index in [1.807, 2.05) is 4.90 Å². The second-order valence-electron chi connectivity index (χ2n) is 6.05. The molecule has 2 fully saturated rings. The highest BCUT2D eigenvalue weighted by molar-refractivity contribution is 5.85. The number of carbonyl (C=O) groups excluding carboxylic acids is 1. The zero-order valence-electron chi connectivity index (χ0n) is 12.7. The van der Waals surface area contributed by atoms with Gasteiger partial charge in [-0.05, 0) is 25.7 Å². The van der Waals surface area contributed by atoms with E-state index in [0.717, 1.165) is 51.5 Å². The molecule has 2 rings (SSSR count). The lowest BCUT2D eigenvalue weighted by atomic mass is 10.1. The molecule has 1 heterocycles. The minimum Gasteiger partial charge on any atom is -0.340 e. The van der Waals surface area contributed by atoms with Crippen LogP contribution in [-0.2, 0) is 4.79 Å². The smallest absolute Gasteiger partial charge is 0.239 e. The first-order valence-electron chi connectivity index (χ1n) is 8.00. The van der Waals surface area contributed by atoms with E-state index in [-0.39, 0.29) is 24.4 Å². The highest BCUT2D eigenvalue weighted by Gasteiger charge is 2.27. The van der Waals surface area contributed by atoms with Gasteiger partial charge in [0.2, 0.25) is 5.91 Å². The average Bonchev–Trinajstić information content (AvgIpc) is 2.83. The normalized spacial score (nSPS) is 23.2. The van der Waals surface area contributed by atoms with Crippen molar-refractivity contribution >= 4 is 18.3 Å². The molecule has 2 N–H and O–H groups in total. The van der Waals surface area contributed by atoms with Crippen LogP contribution in [0.25, 0.3) is 0 Å². The summed E-state index contributed by atoms with van der Waals surface area (Å²) >= 11 is 0. The number of carbonyl (C=O) groups is 1. The highest BCUT2D eigenvalue weighted by Crippen LogP contribution is 2.24. The molecule has 1 amide bonds. The van der Waals surface area contributed by atoms with Crippen molar-refractivity contribution in [3.05, 3.63) is 0 Å². The van der Waals surface area contributed by atoms with Gasteiger partial charge in [-0.2, -0.15) is 0 Å². The Kier molecular flexibility index (Phi) is 7.85. The summed E-state index contributed by atoms with van der Waals surface area (Å²) in [6, 6.07) is 0.488. The summed E-state index contributed by atoms with van der Waals surface area (Å²) in [6.07, 6.45) is 8.35. The predicted octanol–water partition coefficient (Wildman–Crippen LogP) is 2.01. The number of amides is 1. The Morgan fingerprint density at radius 3 is 2.50 bits per heavy atom. The summed E-state index contributed by atoms with van der Waals surface area (Å²) in [4.78, 5) is 16.8. The van der Waals surface area contributed by atoms with Gasteiger partial charge in [-0.15, -0.1) is 12.4 Å². The molecule has 1 unspecified atom stereocenters. The van der Waals surface area contributed by atoms with E-state index in [2.05, 4.69) is 11.8 Å². The summed E-state index contributed by atoms with van der Waals surface area (Å²) < 4.78 is 0. The largest absolute Gasteiger partial charge is 0.340 e. The van der Waals surface area contributed by atoms with Crippen LogP contribution in [0.1, 0.15) is 51.9 Å². The molecule has 1 atom stereocenters. The van der Waals surface area contributed by atoms with Crippen molar-refractivity contribution in [1.82, 2.24) is 9.80 Å². The van der Waals surface area contributed by atoms with Crippen LogP contribution in [-0.4, -0.2) is 54.0 Å². The SMILES string of the molecule is CCCC(N)C(=O)N1CCCN(C2CCCC2)CC1.Cl. The number of nitrogens with two attached hydrogens (primary N) is 1. The predicted molar refractivity (Wildman–Crippen MR) is 85.2 cm³/mol. The molecule has 1 saturated carbocycles. The van der Waals surface area contributed by atoms with Crippen molar-refractivity contribution in [2.75, 3.05) is 26.2 Å². The second kappa shape index (κ2) is 8.85. The summed E-state index contributed by atoms with van der Waals surface area (Å²) in [7, 11) is 0. The van der Waals surface area contributed by atoms with Crippen molar-refractivity contribution in [3.63, 3.8) is 0 Å². The molecule has 1 aliphatic heterocycles. The third kappa shape index (κ3) is 4.61. The summed E-state index contributed by atoms with van der Waals surface area (Å²) in [5.74, 6) is 0.162. The van der Waals surface area contributed by atoms with Crippen LogP contribution in [0.3, 0.4) is 0 Å². The summed E-state index contributed by atoms with van der Waals surface area (Å²) in [5, 5.41) is 0. The third-order valence-electron chi connectivity index (χ3n) is 4.60. The Bertz CT molecular complexity index is 295. The van der Waals surface area contributed by atoms with Gasteiger partial charge < -0.3 is 10.6 Å². The first kappa shape index (κ1) is 17.7. The van der Waals surface area contributed by atoms with Crippen molar-refractivity contribution in [1.29, 1.82) is 0 Å². The summed E-state index contributed by atoms with van der Waals surface area (Å²) in [5.41, 5.74) is 5.96. The van der Waals surface area contributed by atoms with E-state index in [0.29, 0.717) is 0 Å². The first-order valence-corrected chi connectivity index (χ1v) is 8.00. The van der Waals surface area contributed by atoms with Crippen LogP contribution in [0.4, 0.5) is 0 Å². The molecule has 20 heavy (non-hydrogen) atoms. The van der Waals surface area contributed by atoms with Gasteiger partial charge in [0, 0.05) is 32.2 Å². The molecule has 4 nitrogen and oxygen atoms in total. The molecule has 118 valence electrons. The van der Waals surface area contributed by atoms with Crippen LogP contribution >= 0.6 is 12.4 Å². The van der Waals surface area contributed by atoms with E-state index in [9.17, 15) is 4.79 Å². The number of hydrogen-bond acceptors (Lipinski definition) is 3. The maximum atomic E-state index is 12.3. The van der Waals surface area contributed by atoms with E-state index in [4.69, 9.17) is 5.73 Å². The number of hydrogen-bond donors (Lipinski definition) is 1. The standard InChI is InChI=1S/C15H29N3O.ClH/c1-2-6-14(16)15(19)18-10-5-9-17(11-12-18)13-7-3-4-8-13;/h13-14H,2-12,16H2,1H3;1H. The molecule has 1 saturated heterocycles. The van der Waals surface area contributed by atoms with Gasteiger partial charge >= 0.3 is 0 Å². The highest BCUT2D eigenvalue weighted by atomic mass is 35.5. The van der Waals surface area contributed by atoms with Crippen LogP contribution in [0.15, 0.2) is 0 Å². The van der Waals surface area contributed by atoms with Gasteiger partial charge in [-0.3, -0.25) is 9.69 Å². The fourth-order valence-corrected chi connectivity index (χ4v) is 3.46. The number of nitrogens with zero attached hydrogens (tertiary/aromatic N) is 2.